The Morgan fingerprint density at radius 2 is 2.19 bits per heavy atom. The van der Waals surface area contributed by atoms with Crippen molar-refractivity contribution in [2.45, 2.75) is 58.4 Å². The minimum Gasteiger partial charge on any atom is -0.312 e. The molecule has 0 spiro atoms. The van der Waals surface area contributed by atoms with Gasteiger partial charge in [0.15, 0.2) is 0 Å². The Morgan fingerprint density at radius 3 is 2.75 bits per heavy atom. The molecule has 0 aliphatic heterocycles. The van der Waals surface area contributed by atoms with Crippen LogP contribution in [0.2, 0.25) is 0 Å². The van der Waals surface area contributed by atoms with Gasteiger partial charge < -0.3 is 5.32 Å². The Morgan fingerprint density at radius 1 is 1.38 bits per heavy atom. The van der Waals surface area contributed by atoms with E-state index in [-0.39, 0.29) is 0 Å². The molecule has 1 aliphatic rings. The Bertz CT molecular complexity index is 329. The predicted molar refractivity (Wildman–Crippen MR) is 70.1 cm³/mol. The molecular weight excluding hydrogens is 216 g/mol. The van der Waals surface area contributed by atoms with Gasteiger partial charge in [-0.2, -0.15) is 0 Å². The maximum atomic E-state index is 4.81. The van der Waals surface area contributed by atoms with Gasteiger partial charge in [-0.3, -0.25) is 0 Å². The van der Waals surface area contributed by atoms with E-state index in [1.165, 1.54) is 41.3 Å². The SMILES string of the molecule is CCCNCc1sc(C2CCC2)nc1CC. The minimum absolute atomic E-state index is 0.787. The molecule has 1 fully saturated rings. The van der Waals surface area contributed by atoms with Crippen LogP contribution >= 0.6 is 11.3 Å². The largest absolute Gasteiger partial charge is 0.312 e. The summed E-state index contributed by atoms with van der Waals surface area (Å²) < 4.78 is 0. The minimum atomic E-state index is 0.787. The zero-order valence-corrected chi connectivity index (χ0v) is 11.2. The third kappa shape index (κ3) is 2.64. The highest BCUT2D eigenvalue weighted by Crippen LogP contribution is 2.39. The molecule has 90 valence electrons. The van der Waals surface area contributed by atoms with E-state index in [1.807, 2.05) is 11.3 Å². The van der Waals surface area contributed by atoms with E-state index in [1.54, 1.807) is 0 Å². The zero-order valence-electron chi connectivity index (χ0n) is 10.4. The summed E-state index contributed by atoms with van der Waals surface area (Å²) in [5.74, 6) is 0.787. The predicted octanol–water partition coefficient (Wildman–Crippen LogP) is 3.47. The van der Waals surface area contributed by atoms with Crippen LogP contribution in [0, 0.1) is 0 Å². The Balaban J connectivity index is 2.00. The fourth-order valence-electron chi connectivity index (χ4n) is 2.03. The zero-order chi connectivity index (χ0) is 11.4. The van der Waals surface area contributed by atoms with E-state index in [0.717, 1.165) is 25.4 Å². The van der Waals surface area contributed by atoms with Gasteiger partial charge in [-0.25, -0.2) is 4.98 Å². The van der Waals surface area contributed by atoms with Crippen molar-refractivity contribution in [1.82, 2.24) is 10.3 Å². The van der Waals surface area contributed by atoms with Gasteiger partial charge in [-0.15, -0.1) is 11.3 Å². The van der Waals surface area contributed by atoms with Gasteiger partial charge in [0.1, 0.15) is 0 Å². The van der Waals surface area contributed by atoms with E-state index >= 15 is 0 Å². The quantitative estimate of drug-likeness (QED) is 0.768. The molecule has 0 atom stereocenters. The van der Waals surface area contributed by atoms with Gasteiger partial charge in [-0.05, 0) is 32.2 Å². The molecule has 0 unspecified atom stereocenters. The van der Waals surface area contributed by atoms with Gasteiger partial charge in [0.2, 0.25) is 0 Å². The lowest BCUT2D eigenvalue weighted by atomic mass is 9.86. The van der Waals surface area contributed by atoms with Crippen LogP contribution in [0.1, 0.15) is 61.0 Å². The molecule has 0 radical (unpaired) electrons. The summed E-state index contributed by atoms with van der Waals surface area (Å²) in [7, 11) is 0. The molecule has 0 aromatic carbocycles. The lowest BCUT2D eigenvalue weighted by Crippen LogP contribution is -2.13. The number of thiazole rings is 1. The lowest BCUT2D eigenvalue weighted by molar-refractivity contribution is 0.418. The first-order chi connectivity index (χ1) is 7.85. The fourth-order valence-corrected chi connectivity index (χ4v) is 3.32. The maximum absolute atomic E-state index is 4.81. The van der Waals surface area contributed by atoms with Crippen LogP contribution in [0.25, 0.3) is 0 Å². The summed E-state index contributed by atoms with van der Waals surface area (Å²) in [5.41, 5.74) is 1.33. The second-order valence-electron chi connectivity index (χ2n) is 4.58. The van der Waals surface area contributed by atoms with Crippen LogP contribution in [0.5, 0.6) is 0 Å². The molecular formula is C13H22N2S. The van der Waals surface area contributed by atoms with Crippen molar-refractivity contribution >= 4 is 11.3 Å². The highest BCUT2D eigenvalue weighted by Gasteiger charge is 2.23. The lowest BCUT2D eigenvalue weighted by Gasteiger charge is -2.22. The third-order valence-corrected chi connectivity index (χ3v) is 4.56. The van der Waals surface area contributed by atoms with Crippen molar-refractivity contribution in [1.29, 1.82) is 0 Å². The van der Waals surface area contributed by atoms with Crippen molar-refractivity contribution in [2.75, 3.05) is 6.54 Å². The molecule has 0 amide bonds. The van der Waals surface area contributed by atoms with Gasteiger partial charge >= 0.3 is 0 Å². The van der Waals surface area contributed by atoms with Crippen LogP contribution in [0.4, 0.5) is 0 Å². The summed E-state index contributed by atoms with van der Waals surface area (Å²) in [6.07, 6.45) is 6.40. The summed E-state index contributed by atoms with van der Waals surface area (Å²) in [5, 5.41) is 4.88. The second-order valence-corrected chi connectivity index (χ2v) is 5.70. The molecule has 0 saturated heterocycles. The third-order valence-electron chi connectivity index (χ3n) is 3.30. The van der Waals surface area contributed by atoms with E-state index < -0.39 is 0 Å². The number of hydrogen-bond donors (Lipinski definition) is 1. The molecule has 1 heterocycles. The Hall–Kier alpha value is -0.410. The number of hydrogen-bond acceptors (Lipinski definition) is 3. The summed E-state index contributed by atoms with van der Waals surface area (Å²) in [6, 6.07) is 0. The molecule has 3 heteroatoms. The number of aryl methyl sites for hydroxylation is 1. The summed E-state index contributed by atoms with van der Waals surface area (Å²) >= 11 is 1.94. The van der Waals surface area contributed by atoms with Gasteiger partial charge in [0.25, 0.3) is 0 Å². The van der Waals surface area contributed by atoms with Crippen molar-refractivity contribution in [3.63, 3.8) is 0 Å². The first kappa shape index (κ1) is 12.1. The fraction of sp³-hybridized carbons (Fsp3) is 0.769. The van der Waals surface area contributed by atoms with E-state index in [2.05, 4.69) is 19.2 Å². The molecule has 2 rings (SSSR count). The standard InChI is InChI=1S/C13H22N2S/c1-3-8-14-9-12-11(4-2)15-13(16-12)10-6-5-7-10/h10,14H,3-9H2,1-2H3. The van der Waals surface area contributed by atoms with Gasteiger partial charge in [0, 0.05) is 17.3 Å². The number of nitrogens with zero attached hydrogens (tertiary/aromatic N) is 1. The van der Waals surface area contributed by atoms with Crippen LogP contribution in [-0.4, -0.2) is 11.5 Å². The first-order valence-electron chi connectivity index (χ1n) is 6.54. The van der Waals surface area contributed by atoms with E-state index in [9.17, 15) is 0 Å². The van der Waals surface area contributed by atoms with E-state index in [4.69, 9.17) is 4.98 Å². The molecule has 2 nitrogen and oxygen atoms in total. The Labute approximate surface area is 102 Å². The average molecular weight is 238 g/mol. The van der Waals surface area contributed by atoms with Crippen molar-refractivity contribution in [3.05, 3.63) is 15.6 Å². The number of aromatic nitrogens is 1. The molecule has 0 bridgehead atoms. The normalized spacial score (nSPS) is 16.4. The van der Waals surface area contributed by atoms with Crippen LogP contribution < -0.4 is 5.32 Å². The van der Waals surface area contributed by atoms with Crippen molar-refractivity contribution in [2.24, 2.45) is 0 Å². The van der Waals surface area contributed by atoms with Gasteiger partial charge in [-0.1, -0.05) is 20.3 Å². The Kier molecular flexibility index (Phi) is 4.36. The van der Waals surface area contributed by atoms with Gasteiger partial charge in [0.05, 0.1) is 10.7 Å². The van der Waals surface area contributed by atoms with Crippen LogP contribution in [0.3, 0.4) is 0 Å². The smallest absolute Gasteiger partial charge is 0.0962 e. The topological polar surface area (TPSA) is 24.9 Å². The van der Waals surface area contributed by atoms with Crippen LogP contribution in [-0.2, 0) is 13.0 Å². The summed E-state index contributed by atoms with van der Waals surface area (Å²) in [4.78, 5) is 6.28. The highest BCUT2D eigenvalue weighted by molar-refractivity contribution is 7.11. The first-order valence-corrected chi connectivity index (χ1v) is 7.36. The monoisotopic (exact) mass is 238 g/mol. The average Bonchev–Trinajstić information content (AvgIpc) is 2.59. The molecule has 16 heavy (non-hydrogen) atoms. The van der Waals surface area contributed by atoms with E-state index in [0.29, 0.717) is 0 Å². The maximum Gasteiger partial charge on any atom is 0.0962 e. The molecule has 1 N–H and O–H groups in total. The van der Waals surface area contributed by atoms with Crippen LogP contribution in [0.15, 0.2) is 0 Å². The number of rotatable bonds is 6. The molecule has 1 aromatic heterocycles. The van der Waals surface area contributed by atoms with Crippen molar-refractivity contribution in [3.8, 4) is 0 Å². The highest BCUT2D eigenvalue weighted by atomic mass is 32.1. The molecule has 1 aromatic rings. The molecule has 1 aliphatic carbocycles. The number of nitrogens with one attached hydrogen (secondary N) is 1. The molecule has 1 saturated carbocycles. The van der Waals surface area contributed by atoms with Crippen molar-refractivity contribution < 1.29 is 0 Å². The summed E-state index contributed by atoms with van der Waals surface area (Å²) in [6.45, 7) is 6.55. The second kappa shape index (κ2) is 5.78.